The smallest absolute Gasteiger partial charge is 0.245 e. The predicted octanol–water partition coefficient (Wildman–Crippen LogP) is -1.50. The molecule has 4 amide bonds. The van der Waals surface area contributed by atoms with Gasteiger partial charge in [0.05, 0.1) is 6.10 Å². The number of amides is 4. The fourth-order valence-electron chi connectivity index (χ4n) is 2.64. The van der Waals surface area contributed by atoms with Crippen LogP contribution in [0.25, 0.3) is 0 Å². The molecule has 0 aliphatic heterocycles. The van der Waals surface area contributed by atoms with Crippen molar-refractivity contribution in [2.45, 2.75) is 77.6 Å². The number of hydrogen-bond donors (Lipinski definition) is 6. The molecule has 0 aliphatic carbocycles. The Hall–Kier alpha value is -2.20. The number of carbonyl (C=O) groups excluding carboxylic acids is 4. The lowest BCUT2D eigenvalue weighted by molar-refractivity contribution is -0.134. The molecule has 10 nitrogen and oxygen atoms in total. The van der Waals surface area contributed by atoms with E-state index >= 15 is 0 Å². The van der Waals surface area contributed by atoms with Crippen molar-refractivity contribution < 1.29 is 24.3 Å². The van der Waals surface area contributed by atoms with Crippen LogP contribution in [-0.4, -0.2) is 59.5 Å². The van der Waals surface area contributed by atoms with Crippen LogP contribution in [0.2, 0.25) is 0 Å². The highest BCUT2D eigenvalue weighted by molar-refractivity contribution is 5.94. The predicted molar refractivity (Wildman–Crippen MR) is 105 cm³/mol. The van der Waals surface area contributed by atoms with Gasteiger partial charge in [0, 0.05) is 6.92 Å². The number of primary amides is 1. The van der Waals surface area contributed by atoms with E-state index in [9.17, 15) is 24.3 Å². The summed E-state index contributed by atoms with van der Waals surface area (Å²) in [6.45, 7) is 6.79. The minimum Gasteiger partial charge on any atom is -0.391 e. The standard InChI is InChI=1S/C18H35N5O5/c1-10(2)9-14(16(20)26)23-17(27)13(7-5-6-8-19)22-18(28)15(11(3)24)21-12(4)25/h10-11,13-15,24H,5-9,19H2,1-4H3,(H2,20,26)(H,21,25)(H,22,28)(H,23,27)/t11?,13-,14+,15?/m1/s1. The van der Waals surface area contributed by atoms with Gasteiger partial charge in [0.15, 0.2) is 0 Å². The summed E-state index contributed by atoms with van der Waals surface area (Å²) in [5, 5.41) is 17.2. The Labute approximate surface area is 166 Å². The summed E-state index contributed by atoms with van der Waals surface area (Å²) in [5.74, 6) is -2.27. The Kier molecular flexibility index (Phi) is 12.0. The van der Waals surface area contributed by atoms with E-state index < -0.39 is 47.9 Å². The van der Waals surface area contributed by atoms with Gasteiger partial charge in [-0.25, -0.2) is 0 Å². The topological polar surface area (TPSA) is 177 Å². The van der Waals surface area contributed by atoms with Crippen molar-refractivity contribution in [1.29, 1.82) is 0 Å². The van der Waals surface area contributed by atoms with Gasteiger partial charge in [-0.05, 0) is 45.1 Å². The summed E-state index contributed by atoms with van der Waals surface area (Å²) in [5.41, 5.74) is 10.8. The van der Waals surface area contributed by atoms with E-state index in [1.165, 1.54) is 13.8 Å². The van der Waals surface area contributed by atoms with Gasteiger partial charge < -0.3 is 32.5 Å². The zero-order chi connectivity index (χ0) is 21.9. The van der Waals surface area contributed by atoms with Gasteiger partial charge in [-0.15, -0.1) is 0 Å². The maximum absolute atomic E-state index is 12.7. The zero-order valence-electron chi connectivity index (χ0n) is 17.2. The first kappa shape index (κ1) is 25.8. The molecule has 0 saturated heterocycles. The first-order valence-corrected chi connectivity index (χ1v) is 9.54. The SMILES string of the molecule is CC(=O)NC(C(=O)N[C@H](CCCCN)C(=O)N[C@@H](CC(C)C)C(N)=O)C(C)O. The van der Waals surface area contributed by atoms with Gasteiger partial charge in [-0.2, -0.15) is 0 Å². The second-order valence-corrected chi connectivity index (χ2v) is 7.36. The largest absolute Gasteiger partial charge is 0.391 e. The molecule has 0 fully saturated rings. The van der Waals surface area contributed by atoms with Gasteiger partial charge in [0.2, 0.25) is 23.6 Å². The van der Waals surface area contributed by atoms with Gasteiger partial charge in [-0.1, -0.05) is 13.8 Å². The van der Waals surface area contributed by atoms with E-state index in [0.717, 1.165) is 0 Å². The third-order valence-corrected chi connectivity index (χ3v) is 4.07. The molecule has 0 saturated carbocycles. The summed E-state index contributed by atoms with van der Waals surface area (Å²) >= 11 is 0. The van der Waals surface area contributed by atoms with Crippen molar-refractivity contribution in [3.63, 3.8) is 0 Å². The van der Waals surface area contributed by atoms with Crippen molar-refractivity contribution in [3.8, 4) is 0 Å². The van der Waals surface area contributed by atoms with Crippen LogP contribution in [-0.2, 0) is 19.2 Å². The van der Waals surface area contributed by atoms with Crippen molar-refractivity contribution >= 4 is 23.6 Å². The summed E-state index contributed by atoms with van der Waals surface area (Å²) in [6, 6.07) is -3.02. The summed E-state index contributed by atoms with van der Waals surface area (Å²) in [6.07, 6.45) is 0.716. The van der Waals surface area contributed by atoms with E-state index in [1.807, 2.05) is 13.8 Å². The molecule has 0 heterocycles. The third kappa shape index (κ3) is 10.2. The Morgan fingerprint density at radius 1 is 0.929 bits per heavy atom. The Morgan fingerprint density at radius 2 is 1.50 bits per heavy atom. The quantitative estimate of drug-likeness (QED) is 0.205. The number of unbranched alkanes of at least 4 members (excludes halogenated alkanes) is 1. The maximum atomic E-state index is 12.7. The molecule has 4 atom stereocenters. The van der Waals surface area contributed by atoms with Gasteiger partial charge >= 0.3 is 0 Å². The molecule has 0 aromatic rings. The monoisotopic (exact) mass is 401 g/mol. The first-order valence-electron chi connectivity index (χ1n) is 9.54. The molecular weight excluding hydrogens is 366 g/mol. The number of aliphatic hydroxyl groups excluding tert-OH is 1. The number of rotatable bonds is 13. The van der Waals surface area contributed by atoms with Crippen LogP contribution >= 0.6 is 0 Å². The number of nitrogens with two attached hydrogens (primary N) is 2. The van der Waals surface area contributed by atoms with Crippen molar-refractivity contribution in [3.05, 3.63) is 0 Å². The lowest BCUT2D eigenvalue weighted by Crippen LogP contribution is -2.58. The van der Waals surface area contributed by atoms with Crippen LogP contribution in [0.5, 0.6) is 0 Å². The van der Waals surface area contributed by atoms with Crippen molar-refractivity contribution in [2.75, 3.05) is 6.54 Å². The third-order valence-electron chi connectivity index (χ3n) is 4.07. The minimum atomic E-state index is -1.20. The fourth-order valence-corrected chi connectivity index (χ4v) is 2.64. The highest BCUT2D eigenvalue weighted by Crippen LogP contribution is 2.07. The number of nitrogens with one attached hydrogen (secondary N) is 3. The zero-order valence-corrected chi connectivity index (χ0v) is 17.2. The molecule has 0 aromatic carbocycles. The molecule has 0 aromatic heterocycles. The summed E-state index contributed by atoms with van der Waals surface area (Å²) in [4.78, 5) is 48.0. The van der Waals surface area contributed by atoms with Gasteiger partial charge in [0.1, 0.15) is 18.1 Å². The molecule has 0 radical (unpaired) electrons. The Morgan fingerprint density at radius 3 is 1.93 bits per heavy atom. The molecule has 2 unspecified atom stereocenters. The fraction of sp³-hybridized carbons (Fsp3) is 0.778. The maximum Gasteiger partial charge on any atom is 0.245 e. The number of aliphatic hydroxyl groups is 1. The van der Waals surface area contributed by atoms with Crippen LogP contribution in [0.1, 0.15) is 53.4 Å². The first-order chi connectivity index (χ1) is 13.0. The molecule has 0 rings (SSSR count). The lowest BCUT2D eigenvalue weighted by Gasteiger charge is -2.26. The normalized spacial score (nSPS) is 15.2. The minimum absolute atomic E-state index is 0.127. The van der Waals surface area contributed by atoms with Crippen LogP contribution in [0.4, 0.5) is 0 Å². The molecule has 162 valence electrons. The van der Waals surface area contributed by atoms with E-state index in [2.05, 4.69) is 16.0 Å². The van der Waals surface area contributed by atoms with E-state index in [4.69, 9.17) is 11.5 Å². The summed E-state index contributed by atoms with van der Waals surface area (Å²) in [7, 11) is 0. The van der Waals surface area contributed by atoms with Crippen LogP contribution in [0, 0.1) is 5.92 Å². The second kappa shape index (κ2) is 13.1. The Bertz CT molecular complexity index is 538. The van der Waals surface area contributed by atoms with Crippen molar-refractivity contribution in [2.24, 2.45) is 17.4 Å². The molecular formula is C18H35N5O5. The average Bonchev–Trinajstić information content (AvgIpc) is 2.57. The lowest BCUT2D eigenvalue weighted by atomic mass is 10.0. The average molecular weight is 402 g/mol. The van der Waals surface area contributed by atoms with Crippen LogP contribution in [0.3, 0.4) is 0 Å². The molecule has 10 heteroatoms. The van der Waals surface area contributed by atoms with Crippen molar-refractivity contribution in [1.82, 2.24) is 16.0 Å². The molecule has 28 heavy (non-hydrogen) atoms. The molecule has 0 bridgehead atoms. The van der Waals surface area contributed by atoms with E-state index in [1.54, 1.807) is 0 Å². The highest BCUT2D eigenvalue weighted by Gasteiger charge is 2.30. The second-order valence-electron chi connectivity index (χ2n) is 7.36. The van der Waals surface area contributed by atoms with E-state index in [0.29, 0.717) is 25.8 Å². The van der Waals surface area contributed by atoms with Crippen LogP contribution < -0.4 is 27.4 Å². The highest BCUT2D eigenvalue weighted by atomic mass is 16.3. The summed E-state index contributed by atoms with van der Waals surface area (Å²) < 4.78 is 0. The number of hydrogen-bond acceptors (Lipinski definition) is 6. The molecule has 0 spiro atoms. The van der Waals surface area contributed by atoms with Gasteiger partial charge in [-0.3, -0.25) is 19.2 Å². The van der Waals surface area contributed by atoms with Gasteiger partial charge in [0.25, 0.3) is 0 Å². The van der Waals surface area contributed by atoms with Crippen LogP contribution in [0.15, 0.2) is 0 Å². The Balaban J connectivity index is 5.27. The van der Waals surface area contributed by atoms with E-state index in [-0.39, 0.29) is 12.3 Å². The number of carbonyl (C=O) groups is 4. The molecule has 8 N–H and O–H groups in total. The molecule has 0 aliphatic rings.